The Morgan fingerprint density at radius 2 is 2.00 bits per heavy atom. The number of halogens is 1. The molecule has 3 aromatic carbocycles. The SMILES string of the molecule is O=C(Nc1ccc2[nH]nc(-c3ccc4ccccc4c3)c2c1F)C1CCCO1. The molecule has 0 bridgehead atoms. The molecule has 5 nitrogen and oxygen atoms in total. The fraction of sp³-hybridized carbons (Fsp3) is 0.182. The number of benzene rings is 3. The maximum Gasteiger partial charge on any atom is 0.253 e. The second-order valence-electron chi connectivity index (χ2n) is 6.97. The van der Waals surface area contributed by atoms with Crippen LogP contribution < -0.4 is 5.32 Å². The fourth-order valence-corrected chi connectivity index (χ4v) is 3.71. The Balaban J connectivity index is 1.57. The molecule has 140 valence electrons. The number of nitrogens with one attached hydrogen (secondary N) is 2. The van der Waals surface area contributed by atoms with Crippen LogP contribution in [0.2, 0.25) is 0 Å². The van der Waals surface area contributed by atoms with Crippen LogP contribution in [-0.4, -0.2) is 28.8 Å². The maximum atomic E-state index is 15.3. The molecule has 2 N–H and O–H groups in total. The van der Waals surface area contributed by atoms with E-state index in [1.165, 1.54) is 0 Å². The predicted molar refractivity (Wildman–Crippen MR) is 107 cm³/mol. The number of carbonyl (C=O) groups is 1. The largest absolute Gasteiger partial charge is 0.368 e. The highest BCUT2D eigenvalue weighted by Crippen LogP contribution is 2.33. The fourth-order valence-electron chi connectivity index (χ4n) is 3.71. The molecule has 0 radical (unpaired) electrons. The van der Waals surface area contributed by atoms with Gasteiger partial charge in [0.2, 0.25) is 0 Å². The number of carbonyl (C=O) groups excluding carboxylic acids is 1. The highest BCUT2D eigenvalue weighted by Gasteiger charge is 2.25. The summed E-state index contributed by atoms with van der Waals surface area (Å²) >= 11 is 0. The van der Waals surface area contributed by atoms with Crippen LogP contribution in [0.5, 0.6) is 0 Å². The first-order chi connectivity index (χ1) is 13.7. The first-order valence-corrected chi connectivity index (χ1v) is 9.29. The third-order valence-electron chi connectivity index (χ3n) is 5.17. The van der Waals surface area contributed by atoms with E-state index in [2.05, 4.69) is 15.5 Å². The number of amides is 1. The van der Waals surface area contributed by atoms with Gasteiger partial charge in [-0.05, 0) is 41.8 Å². The Kier molecular flexibility index (Phi) is 4.06. The van der Waals surface area contributed by atoms with Crippen LogP contribution in [0.15, 0.2) is 54.6 Å². The van der Waals surface area contributed by atoms with Gasteiger partial charge in [0, 0.05) is 12.2 Å². The number of anilines is 1. The molecule has 1 amide bonds. The number of hydrogen-bond acceptors (Lipinski definition) is 3. The zero-order valence-corrected chi connectivity index (χ0v) is 15.0. The van der Waals surface area contributed by atoms with Gasteiger partial charge in [0.05, 0.1) is 16.6 Å². The van der Waals surface area contributed by atoms with Crippen LogP contribution in [0.25, 0.3) is 32.9 Å². The molecule has 1 fully saturated rings. The lowest BCUT2D eigenvalue weighted by atomic mass is 10.0. The molecule has 2 heterocycles. The van der Waals surface area contributed by atoms with Crippen molar-refractivity contribution in [1.82, 2.24) is 10.2 Å². The number of hydrogen-bond donors (Lipinski definition) is 2. The molecule has 0 saturated carbocycles. The number of aromatic nitrogens is 2. The molecular formula is C22H18FN3O2. The summed E-state index contributed by atoms with van der Waals surface area (Å²) < 4.78 is 20.7. The predicted octanol–water partition coefficient (Wildman–Crippen LogP) is 4.64. The molecule has 1 unspecified atom stereocenters. The van der Waals surface area contributed by atoms with Crippen molar-refractivity contribution in [1.29, 1.82) is 0 Å². The Labute approximate surface area is 160 Å². The number of aromatic amines is 1. The summed E-state index contributed by atoms with van der Waals surface area (Å²) in [5.74, 6) is -0.813. The number of ether oxygens (including phenoxy) is 1. The van der Waals surface area contributed by atoms with Gasteiger partial charge in [-0.25, -0.2) is 4.39 Å². The van der Waals surface area contributed by atoms with Crippen LogP contribution in [0, 0.1) is 5.82 Å². The standard InChI is InChI=1S/C22H18FN3O2/c23-20-17(24-22(27)18-6-3-11-28-18)10-9-16-19(20)21(26-25-16)15-8-7-13-4-1-2-5-14(13)12-15/h1-2,4-5,7-10,12,18H,3,6,11H2,(H,24,27)(H,25,26). The summed E-state index contributed by atoms with van der Waals surface area (Å²) in [5, 5.41) is 12.4. The van der Waals surface area contributed by atoms with E-state index in [0.717, 1.165) is 22.8 Å². The lowest BCUT2D eigenvalue weighted by molar-refractivity contribution is -0.124. The van der Waals surface area contributed by atoms with Crippen molar-refractivity contribution in [3.05, 3.63) is 60.4 Å². The third kappa shape index (κ3) is 2.82. The van der Waals surface area contributed by atoms with Crippen LogP contribution in [0.1, 0.15) is 12.8 Å². The van der Waals surface area contributed by atoms with Gasteiger partial charge < -0.3 is 10.1 Å². The van der Waals surface area contributed by atoms with Crippen LogP contribution >= 0.6 is 0 Å². The van der Waals surface area contributed by atoms with Gasteiger partial charge in [0.1, 0.15) is 11.8 Å². The van der Waals surface area contributed by atoms with E-state index in [1.807, 2.05) is 42.5 Å². The Morgan fingerprint density at radius 3 is 2.82 bits per heavy atom. The molecular weight excluding hydrogens is 357 g/mol. The van der Waals surface area contributed by atoms with Crippen LogP contribution in [0.3, 0.4) is 0 Å². The van der Waals surface area contributed by atoms with Crippen LogP contribution in [-0.2, 0) is 9.53 Å². The zero-order chi connectivity index (χ0) is 19.1. The summed E-state index contributed by atoms with van der Waals surface area (Å²) in [6.07, 6.45) is 0.983. The van der Waals surface area contributed by atoms with Gasteiger partial charge in [-0.15, -0.1) is 0 Å². The van der Waals surface area contributed by atoms with Crippen molar-refractivity contribution in [3.63, 3.8) is 0 Å². The molecule has 4 aromatic rings. The second-order valence-corrected chi connectivity index (χ2v) is 6.97. The number of rotatable bonds is 3. The van der Waals surface area contributed by atoms with E-state index < -0.39 is 11.9 Å². The second kappa shape index (κ2) is 6.73. The Morgan fingerprint density at radius 1 is 1.14 bits per heavy atom. The monoisotopic (exact) mass is 375 g/mol. The number of H-pyrrole nitrogens is 1. The third-order valence-corrected chi connectivity index (χ3v) is 5.17. The summed E-state index contributed by atoms with van der Waals surface area (Å²) in [5.41, 5.74) is 2.05. The van der Waals surface area contributed by atoms with Gasteiger partial charge in [-0.1, -0.05) is 36.4 Å². The lowest BCUT2D eigenvalue weighted by Gasteiger charge is -2.11. The molecule has 1 saturated heterocycles. The smallest absolute Gasteiger partial charge is 0.253 e. The maximum absolute atomic E-state index is 15.3. The van der Waals surface area contributed by atoms with E-state index in [9.17, 15) is 4.79 Å². The summed E-state index contributed by atoms with van der Waals surface area (Å²) in [7, 11) is 0. The summed E-state index contributed by atoms with van der Waals surface area (Å²) in [6, 6.07) is 17.2. The van der Waals surface area contributed by atoms with Crippen molar-refractivity contribution < 1.29 is 13.9 Å². The van der Waals surface area contributed by atoms with Crippen molar-refractivity contribution in [2.75, 3.05) is 11.9 Å². The normalized spacial score (nSPS) is 16.7. The summed E-state index contributed by atoms with van der Waals surface area (Å²) in [4.78, 5) is 12.3. The average Bonchev–Trinajstić information content (AvgIpc) is 3.40. The molecule has 1 atom stereocenters. The van der Waals surface area contributed by atoms with E-state index in [0.29, 0.717) is 29.6 Å². The molecule has 0 spiro atoms. The molecule has 0 aliphatic carbocycles. The van der Waals surface area contributed by atoms with Gasteiger partial charge in [0.25, 0.3) is 5.91 Å². The molecule has 1 aromatic heterocycles. The Hall–Kier alpha value is -3.25. The van der Waals surface area contributed by atoms with Gasteiger partial charge in [0.15, 0.2) is 5.82 Å². The quantitative estimate of drug-likeness (QED) is 0.548. The number of nitrogens with zero attached hydrogens (tertiary/aromatic N) is 1. The van der Waals surface area contributed by atoms with Gasteiger partial charge in [-0.3, -0.25) is 9.89 Å². The van der Waals surface area contributed by atoms with Crippen molar-refractivity contribution >= 4 is 33.3 Å². The minimum absolute atomic E-state index is 0.136. The highest BCUT2D eigenvalue weighted by molar-refractivity contribution is 6.01. The number of fused-ring (bicyclic) bond motifs is 2. The van der Waals surface area contributed by atoms with Crippen molar-refractivity contribution in [2.24, 2.45) is 0 Å². The first kappa shape index (κ1) is 16.9. The molecule has 1 aliphatic heterocycles. The van der Waals surface area contributed by atoms with E-state index >= 15 is 4.39 Å². The van der Waals surface area contributed by atoms with Crippen LogP contribution in [0.4, 0.5) is 10.1 Å². The first-order valence-electron chi connectivity index (χ1n) is 9.29. The molecule has 6 heteroatoms. The average molecular weight is 375 g/mol. The van der Waals surface area contributed by atoms with E-state index in [4.69, 9.17) is 4.74 Å². The molecule has 5 rings (SSSR count). The van der Waals surface area contributed by atoms with Gasteiger partial charge >= 0.3 is 0 Å². The minimum Gasteiger partial charge on any atom is -0.368 e. The molecule has 28 heavy (non-hydrogen) atoms. The van der Waals surface area contributed by atoms with Crippen molar-refractivity contribution in [2.45, 2.75) is 18.9 Å². The van der Waals surface area contributed by atoms with Crippen molar-refractivity contribution in [3.8, 4) is 11.3 Å². The topological polar surface area (TPSA) is 67.0 Å². The van der Waals surface area contributed by atoms with Gasteiger partial charge in [-0.2, -0.15) is 5.10 Å². The van der Waals surface area contributed by atoms with E-state index in [1.54, 1.807) is 12.1 Å². The Bertz CT molecular complexity index is 1200. The zero-order valence-electron chi connectivity index (χ0n) is 15.0. The minimum atomic E-state index is -0.514. The lowest BCUT2D eigenvalue weighted by Crippen LogP contribution is -2.27. The van der Waals surface area contributed by atoms with E-state index in [-0.39, 0.29) is 11.6 Å². The highest BCUT2D eigenvalue weighted by atomic mass is 19.1. The molecule has 1 aliphatic rings. The summed E-state index contributed by atoms with van der Waals surface area (Å²) in [6.45, 7) is 0.563.